The molecular formula is C26H26F5N5O3S. The maximum absolute atomic E-state index is 15.9. The molecule has 2 unspecified atom stereocenters. The van der Waals surface area contributed by atoms with Crippen molar-refractivity contribution in [2.24, 2.45) is 5.16 Å². The number of piperidine rings is 1. The molecule has 4 heterocycles. The number of carbonyl (C=O) groups excluding carboxylic acids is 1. The van der Waals surface area contributed by atoms with E-state index in [-0.39, 0.29) is 43.1 Å². The van der Waals surface area contributed by atoms with E-state index in [1.54, 1.807) is 12.5 Å². The van der Waals surface area contributed by atoms with Crippen molar-refractivity contribution in [1.29, 1.82) is 0 Å². The summed E-state index contributed by atoms with van der Waals surface area (Å²) in [7, 11) is 1.59. The van der Waals surface area contributed by atoms with Crippen LogP contribution < -0.4 is 0 Å². The number of oxime groups is 1. The summed E-state index contributed by atoms with van der Waals surface area (Å²) < 4.78 is 74.5. The van der Waals surface area contributed by atoms with Gasteiger partial charge >= 0.3 is 0 Å². The quantitative estimate of drug-likeness (QED) is 0.307. The summed E-state index contributed by atoms with van der Waals surface area (Å²) in [6.45, 7) is -0.620. The number of alkyl halides is 5. The van der Waals surface area contributed by atoms with Crippen molar-refractivity contribution < 1.29 is 36.3 Å². The Kier molecular flexibility index (Phi) is 8.17. The van der Waals surface area contributed by atoms with Crippen LogP contribution in [0.25, 0.3) is 0 Å². The molecule has 14 heteroatoms. The molecule has 0 radical (unpaired) electrons. The first-order valence-corrected chi connectivity index (χ1v) is 13.4. The maximum Gasteiger partial charge on any atom is 0.282 e. The number of ether oxygens (including phenoxy) is 1. The molecule has 40 heavy (non-hydrogen) atoms. The largest absolute Gasteiger partial charge is 0.389 e. The van der Waals surface area contributed by atoms with Crippen molar-refractivity contribution >= 4 is 23.0 Å². The van der Waals surface area contributed by atoms with Crippen molar-refractivity contribution in [3.63, 3.8) is 0 Å². The summed E-state index contributed by atoms with van der Waals surface area (Å²) in [5.41, 5.74) is -1.35. The van der Waals surface area contributed by atoms with Crippen LogP contribution in [0.4, 0.5) is 22.0 Å². The predicted octanol–water partition coefficient (Wildman–Crippen LogP) is 5.58. The van der Waals surface area contributed by atoms with E-state index < -0.39 is 42.4 Å². The molecular weight excluding hydrogens is 557 g/mol. The molecule has 2 atom stereocenters. The number of carbonyl (C=O) groups is 1. The predicted molar refractivity (Wildman–Crippen MR) is 135 cm³/mol. The lowest BCUT2D eigenvalue weighted by atomic mass is 9.94. The van der Waals surface area contributed by atoms with E-state index in [0.29, 0.717) is 28.6 Å². The second-order valence-corrected chi connectivity index (χ2v) is 10.4. The van der Waals surface area contributed by atoms with Crippen molar-refractivity contribution in [1.82, 2.24) is 19.7 Å². The number of thiazole rings is 1. The van der Waals surface area contributed by atoms with Crippen LogP contribution in [0.1, 0.15) is 65.9 Å². The summed E-state index contributed by atoms with van der Waals surface area (Å²) in [6.07, 6.45) is -6.50. The maximum atomic E-state index is 15.9. The fourth-order valence-electron chi connectivity index (χ4n) is 4.88. The van der Waals surface area contributed by atoms with E-state index in [1.165, 1.54) is 4.90 Å². The van der Waals surface area contributed by atoms with Crippen molar-refractivity contribution in [2.75, 3.05) is 20.2 Å². The summed E-state index contributed by atoms with van der Waals surface area (Å²) in [6, 6.07) is 10.2. The molecule has 0 saturated carbocycles. The molecule has 2 aliphatic rings. The number of hydrogen-bond donors (Lipinski definition) is 0. The van der Waals surface area contributed by atoms with Crippen LogP contribution >= 0.6 is 11.3 Å². The first-order chi connectivity index (χ1) is 19.2. The molecule has 1 amide bonds. The van der Waals surface area contributed by atoms with Crippen LogP contribution in [0.5, 0.6) is 0 Å². The summed E-state index contributed by atoms with van der Waals surface area (Å²) >= 11 is 1.15. The molecule has 1 saturated heterocycles. The van der Waals surface area contributed by atoms with Gasteiger partial charge in [-0.05, 0) is 11.6 Å². The minimum atomic E-state index is -3.07. The molecule has 1 aromatic carbocycles. The van der Waals surface area contributed by atoms with Crippen LogP contribution in [0.15, 0.2) is 46.9 Å². The van der Waals surface area contributed by atoms with Gasteiger partial charge in [0.15, 0.2) is 11.8 Å². The zero-order valence-electron chi connectivity index (χ0n) is 21.4. The van der Waals surface area contributed by atoms with Gasteiger partial charge in [0.05, 0.1) is 5.69 Å². The van der Waals surface area contributed by atoms with Crippen molar-refractivity contribution in [3.05, 3.63) is 69.4 Å². The molecule has 2 aromatic heterocycles. The number of nitrogens with zero attached hydrogens (tertiary/aromatic N) is 5. The molecule has 214 valence electrons. The topological polar surface area (TPSA) is 81.8 Å². The average Bonchev–Trinajstić information content (AvgIpc) is 3.70. The zero-order valence-corrected chi connectivity index (χ0v) is 22.2. The van der Waals surface area contributed by atoms with E-state index in [1.807, 2.05) is 30.3 Å². The number of likely N-dealkylation sites (tertiary alicyclic amines) is 1. The third-order valence-electron chi connectivity index (χ3n) is 7.07. The lowest BCUT2D eigenvalue weighted by Crippen LogP contribution is -2.44. The molecule has 0 spiro atoms. The summed E-state index contributed by atoms with van der Waals surface area (Å²) in [5, 5.41) is 9.58. The highest BCUT2D eigenvalue weighted by molar-refractivity contribution is 7.10. The Morgan fingerprint density at radius 2 is 1.90 bits per heavy atom. The summed E-state index contributed by atoms with van der Waals surface area (Å²) in [5.74, 6) is -0.609. The Morgan fingerprint density at radius 1 is 1.18 bits per heavy atom. The zero-order chi connectivity index (χ0) is 28.4. The molecule has 0 aliphatic carbocycles. The fraction of sp³-hybridized carbons (Fsp3) is 0.462. The molecule has 0 bridgehead atoms. The van der Waals surface area contributed by atoms with Gasteiger partial charge in [0.1, 0.15) is 34.8 Å². The van der Waals surface area contributed by atoms with Gasteiger partial charge < -0.3 is 14.5 Å². The van der Waals surface area contributed by atoms with E-state index in [4.69, 9.17) is 9.57 Å². The number of amides is 1. The van der Waals surface area contributed by atoms with E-state index in [2.05, 4.69) is 15.2 Å². The minimum absolute atomic E-state index is 0.00988. The van der Waals surface area contributed by atoms with Crippen LogP contribution in [0.2, 0.25) is 0 Å². The van der Waals surface area contributed by atoms with Crippen LogP contribution in [-0.4, -0.2) is 57.6 Å². The minimum Gasteiger partial charge on any atom is -0.389 e. The Morgan fingerprint density at radius 3 is 2.55 bits per heavy atom. The lowest BCUT2D eigenvalue weighted by Gasteiger charge is -2.35. The van der Waals surface area contributed by atoms with Crippen LogP contribution in [0.3, 0.4) is 0 Å². The number of halogens is 5. The van der Waals surface area contributed by atoms with Gasteiger partial charge in [-0.3, -0.25) is 9.48 Å². The number of aromatic nitrogens is 3. The molecule has 1 fully saturated rings. The van der Waals surface area contributed by atoms with Crippen LogP contribution in [-0.2, 0) is 26.6 Å². The molecule has 0 N–H and O–H groups in total. The number of benzene rings is 1. The van der Waals surface area contributed by atoms with Gasteiger partial charge in [-0.15, -0.1) is 11.3 Å². The highest BCUT2D eigenvalue weighted by Crippen LogP contribution is 2.39. The number of rotatable bonds is 9. The summed E-state index contributed by atoms with van der Waals surface area (Å²) in [4.78, 5) is 24.2. The Balaban J connectivity index is 1.19. The normalized spacial score (nSPS) is 19.6. The third kappa shape index (κ3) is 5.73. The van der Waals surface area contributed by atoms with E-state index in [0.717, 1.165) is 16.9 Å². The van der Waals surface area contributed by atoms with E-state index in [9.17, 15) is 22.4 Å². The Bertz CT molecular complexity index is 1360. The first-order valence-electron chi connectivity index (χ1n) is 12.6. The molecule has 8 nitrogen and oxygen atoms in total. The second kappa shape index (κ2) is 11.6. The smallest absolute Gasteiger partial charge is 0.282 e. The first kappa shape index (κ1) is 28.1. The molecule has 3 aromatic rings. The van der Waals surface area contributed by atoms with Crippen molar-refractivity contribution in [3.8, 4) is 0 Å². The van der Waals surface area contributed by atoms with Gasteiger partial charge in [-0.1, -0.05) is 35.5 Å². The van der Waals surface area contributed by atoms with Gasteiger partial charge in [-0.2, -0.15) is 5.10 Å². The molecule has 5 rings (SSSR count). The highest BCUT2D eigenvalue weighted by Gasteiger charge is 2.41. The SMILES string of the molecule is COC(c1ccccc1)C1CC(c2csc(C3(F)CCN(C(=O)Cn4nc(C(F)F)cc4C(F)F)CC3)n2)=NO1. The van der Waals surface area contributed by atoms with Gasteiger partial charge in [-0.25, -0.2) is 26.9 Å². The monoisotopic (exact) mass is 583 g/mol. The van der Waals surface area contributed by atoms with Gasteiger partial charge in [0, 0.05) is 44.8 Å². The Hall–Kier alpha value is -3.39. The van der Waals surface area contributed by atoms with Gasteiger partial charge in [0.25, 0.3) is 12.9 Å². The molecule has 2 aliphatic heterocycles. The van der Waals surface area contributed by atoms with Gasteiger partial charge in [0.2, 0.25) is 5.91 Å². The second-order valence-electron chi connectivity index (χ2n) is 9.59. The number of hydrogen-bond acceptors (Lipinski definition) is 7. The average molecular weight is 584 g/mol. The van der Waals surface area contributed by atoms with Crippen LogP contribution in [0, 0.1) is 0 Å². The standard InChI is InChI=1S/C26H26F5N5O3S/c1-38-22(15-5-3-2-4-6-15)20-12-16(34-39-20)18-14-40-25(32-18)26(31)7-9-35(10-8-26)21(37)13-36-19(24(29)30)11-17(33-36)23(27)28/h2-6,11,14,20,22-24H,7-10,12-13H2,1H3. The third-order valence-corrected chi connectivity index (χ3v) is 8.09. The van der Waals surface area contributed by atoms with E-state index >= 15 is 4.39 Å². The fourth-order valence-corrected chi connectivity index (χ4v) is 5.86. The van der Waals surface area contributed by atoms with Crippen molar-refractivity contribution in [2.45, 2.75) is 56.5 Å². The highest BCUT2D eigenvalue weighted by atomic mass is 32.1. The number of methoxy groups -OCH3 is 1. The Labute approximate surface area is 230 Å². The lowest BCUT2D eigenvalue weighted by molar-refractivity contribution is -0.135.